The van der Waals surface area contributed by atoms with Crippen LogP contribution in [-0.2, 0) is 4.84 Å². The van der Waals surface area contributed by atoms with Gasteiger partial charge in [-0.2, -0.15) is 5.06 Å². The molecule has 0 bridgehead atoms. The third-order valence-electron chi connectivity index (χ3n) is 1.41. The molecule has 9 heavy (non-hydrogen) atoms. The summed E-state index contributed by atoms with van der Waals surface area (Å²) < 4.78 is 0. The number of allylic oxidation sites excluding steroid dienone is 1. The van der Waals surface area contributed by atoms with E-state index < -0.39 is 0 Å². The van der Waals surface area contributed by atoms with Crippen LogP contribution in [0.2, 0.25) is 0 Å². The number of rotatable bonds is 0. The summed E-state index contributed by atoms with van der Waals surface area (Å²) in [6.07, 6.45) is 5.82. The highest BCUT2D eigenvalue weighted by molar-refractivity contribution is 5.10. The minimum atomic E-state index is 0.241. The van der Waals surface area contributed by atoms with Crippen molar-refractivity contribution in [1.29, 1.82) is 0 Å². The Bertz CT molecular complexity index is 185. The smallest absolute Gasteiger partial charge is 0.157 e. The lowest BCUT2D eigenvalue weighted by Crippen LogP contribution is -2.28. The summed E-state index contributed by atoms with van der Waals surface area (Å²) >= 11 is 0. The van der Waals surface area contributed by atoms with E-state index in [2.05, 4.69) is 5.32 Å². The van der Waals surface area contributed by atoms with Crippen molar-refractivity contribution >= 4 is 0 Å². The van der Waals surface area contributed by atoms with Crippen LogP contribution in [0.3, 0.4) is 0 Å². The molecule has 2 aliphatic rings. The Balaban J connectivity index is 2.19. The van der Waals surface area contributed by atoms with Crippen LogP contribution >= 0.6 is 0 Å². The van der Waals surface area contributed by atoms with Crippen LogP contribution < -0.4 is 5.32 Å². The molecule has 0 aromatic heterocycles. The highest BCUT2D eigenvalue weighted by Crippen LogP contribution is 2.16. The van der Waals surface area contributed by atoms with Gasteiger partial charge in [-0.25, -0.2) is 0 Å². The van der Waals surface area contributed by atoms with E-state index in [9.17, 15) is 0 Å². The Morgan fingerprint density at radius 2 is 2.67 bits per heavy atom. The first-order valence-corrected chi connectivity index (χ1v) is 2.93. The number of hydrogen-bond donors (Lipinski definition) is 1. The van der Waals surface area contributed by atoms with Crippen molar-refractivity contribution in [2.75, 3.05) is 0 Å². The fourth-order valence-corrected chi connectivity index (χ4v) is 1.01. The molecule has 0 aromatic rings. The standard InChI is InChI=1S/C6H8N2O/c1-5-4-8-6(7-5)2-3-9-8/h2-4,6-7H,1H3. The minimum absolute atomic E-state index is 0.241. The quantitative estimate of drug-likeness (QED) is 0.510. The molecule has 0 saturated carbocycles. The summed E-state index contributed by atoms with van der Waals surface area (Å²) in [6, 6.07) is 0. The van der Waals surface area contributed by atoms with Gasteiger partial charge in [-0.3, -0.25) is 0 Å². The molecule has 0 aromatic carbocycles. The van der Waals surface area contributed by atoms with Gasteiger partial charge in [0, 0.05) is 5.70 Å². The molecular formula is C6H8N2O. The van der Waals surface area contributed by atoms with E-state index in [1.54, 1.807) is 11.3 Å². The van der Waals surface area contributed by atoms with Gasteiger partial charge in [-0.05, 0) is 13.0 Å². The van der Waals surface area contributed by atoms with Gasteiger partial charge in [0.15, 0.2) is 6.17 Å². The number of fused-ring (bicyclic) bond motifs is 1. The molecule has 48 valence electrons. The Labute approximate surface area is 53.6 Å². The molecule has 0 amide bonds. The molecule has 1 N–H and O–H groups in total. The van der Waals surface area contributed by atoms with E-state index in [-0.39, 0.29) is 6.17 Å². The van der Waals surface area contributed by atoms with E-state index in [0.717, 1.165) is 5.70 Å². The van der Waals surface area contributed by atoms with Gasteiger partial charge >= 0.3 is 0 Å². The minimum Gasteiger partial charge on any atom is -0.386 e. The van der Waals surface area contributed by atoms with Crippen LogP contribution in [0.25, 0.3) is 0 Å². The van der Waals surface area contributed by atoms with Crippen molar-refractivity contribution in [2.45, 2.75) is 13.1 Å². The van der Waals surface area contributed by atoms with Crippen LogP contribution in [0, 0.1) is 0 Å². The maximum absolute atomic E-state index is 5.06. The lowest BCUT2D eigenvalue weighted by atomic mass is 10.5. The summed E-state index contributed by atoms with van der Waals surface area (Å²) in [5.41, 5.74) is 1.14. The summed E-state index contributed by atoms with van der Waals surface area (Å²) in [6.45, 7) is 2.01. The van der Waals surface area contributed by atoms with E-state index in [1.165, 1.54) is 0 Å². The van der Waals surface area contributed by atoms with E-state index in [1.807, 2.05) is 19.2 Å². The van der Waals surface area contributed by atoms with Crippen molar-refractivity contribution in [3.8, 4) is 0 Å². The SMILES string of the molecule is CC1=CN2OC=CC2N1. The Morgan fingerprint density at radius 1 is 1.78 bits per heavy atom. The molecule has 2 aliphatic heterocycles. The van der Waals surface area contributed by atoms with Crippen molar-refractivity contribution < 1.29 is 4.84 Å². The van der Waals surface area contributed by atoms with Crippen molar-refractivity contribution in [3.05, 3.63) is 24.2 Å². The predicted molar refractivity (Wildman–Crippen MR) is 32.7 cm³/mol. The summed E-state index contributed by atoms with van der Waals surface area (Å²) in [7, 11) is 0. The van der Waals surface area contributed by atoms with Gasteiger partial charge < -0.3 is 10.2 Å². The fraction of sp³-hybridized carbons (Fsp3) is 0.333. The second-order valence-electron chi connectivity index (χ2n) is 2.20. The lowest BCUT2D eigenvalue weighted by molar-refractivity contribution is -0.0508. The number of hydrogen-bond acceptors (Lipinski definition) is 3. The molecule has 0 radical (unpaired) electrons. The topological polar surface area (TPSA) is 24.5 Å². The van der Waals surface area contributed by atoms with Crippen molar-refractivity contribution in [2.24, 2.45) is 0 Å². The maximum Gasteiger partial charge on any atom is 0.157 e. The molecule has 0 spiro atoms. The third kappa shape index (κ3) is 0.575. The van der Waals surface area contributed by atoms with Gasteiger partial charge in [-0.1, -0.05) is 0 Å². The second-order valence-corrected chi connectivity index (χ2v) is 2.20. The molecule has 0 fully saturated rings. The zero-order valence-electron chi connectivity index (χ0n) is 5.16. The molecule has 1 unspecified atom stereocenters. The first-order valence-electron chi connectivity index (χ1n) is 2.93. The van der Waals surface area contributed by atoms with Crippen molar-refractivity contribution in [1.82, 2.24) is 10.4 Å². The first-order chi connectivity index (χ1) is 4.36. The molecule has 2 heterocycles. The highest BCUT2D eigenvalue weighted by Gasteiger charge is 2.23. The van der Waals surface area contributed by atoms with Crippen LogP contribution in [-0.4, -0.2) is 11.2 Å². The molecule has 0 aliphatic carbocycles. The fourth-order valence-electron chi connectivity index (χ4n) is 1.01. The van der Waals surface area contributed by atoms with Gasteiger partial charge in [0.2, 0.25) is 0 Å². The zero-order valence-corrected chi connectivity index (χ0v) is 5.16. The van der Waals surface area contributed by atoms with Crippen LogP contribution in [0.15, 0.2) is 24.2 Å². The third-order valence-corrected chi connectivity index (χ3v) is 1.41. The molecule has 2 rings (SSSR count). The molecule has 1 atom stereocenters. The van der Waals surface area contributed by atoms with Crippen molar-refractivity contribution in [3.63, 3.8) is 0 Å². The molecule has 0 saturated heterocycles. The summed E-state index contributed by atoms with van der Waals surface area (Å²) in [4.78, 5) is 5.06. The Kier molecular flexibility index (Phi) is 0.754. The largest absolute Gasteiger partial charge is 0.386 e. The normalized spacial score (nSPS) is 29.2. The van der Waals surface area contributed by atoms with Gasteiger partial charge in [0.25, 0.3) is 0 Å². The zero-order chi connectivity index (χ0) is 6.27. The summed E-state index contributed by atoms with van der Waals surface area (Å²) in [5, 5.41) is 4.96. The maximum atomic E-state index is 5.06. The van der Waals surface area contributed by atoms with E-state index in [4.69, 9.17) is 4.84 Å². The Morgan fingerprint density at radius 3 is 3.44 bits per heavy atom. The number of nitrogens with one attached hydrogen (secondary N) is 1. The number of nitrogens with zero attached hydrogens (tertiary/aromatic N) is 1. The van der Waals surface area contributed by atoms with Crippen LogP contribution in [0.1, 0.15) is 6.92 Å². The second kappa shape index (κ2) is 1.43. The molecule has 3 heteroatoms. The first kappa shape index (κ1) is 4.73. The van der Waals surface area contributed by atoms with Gasteiger partial charge in [0.1, 0.15) is 6.26 Å². The summed E-state index contributed by atoms with van der Waals surface area (Å²) in [5.74, 6) is 0. The predicted octanol–water partition coefficient (Wildman–Crippen LogP) is 0.538. The molecule has 3 nitrogen and oxygen atoms in total. The van der Waals surface area contributed by atoms with Crippen LogP contribution in [0.4, 0.5) is 0 Å². The Hall–Kier alpha value is -1.12. The number of hydroxylamine groups is 2. The molecular weight excluding hydrogens is 116 g/mol. The van der Waals surface area contributed by atoms with Crippen LogP contribution in [0.5, 0.6) is 0 Å². The van der Waals surface area contributed by atoms with E-state index >= 15 is 0 Å². The average molecular weight is 124 g/mol. The van der Waals surface area contributed by atoms with Gasteiger partial charge in [0.05, 0.1) is 6.20 Å². The highest BCUT2D eigenvalue weighted by atomic mass is 16.7. The monoisotopic (exact) mass is 124 g/mol. The van der Waals surface area contributed by atoms with E-state index in [0.29, 0.717) is 0 Å². The van der Waals surface area contributed by atoms with Gasteiger partial charge in [-0.15, -0.1) is 0 Å². The lowest BCUT2D eigenvalue weighted by Gasteiger charge is -2.12. The average Bonchev–Trinajstić information content (AvgIpc) is 2.22.